The van der Waals surface area contributed by atoms with Gasteiger partial charge in [0.1, 0.15) is 28.4 Å². The molecule has 42 heavy (non-hydrogen) atoms. The average molecular weight is 577 g/mol. The first-order chi connectivity index (χ1) is 20.1. The Labute approximate surface area is 241 Å². The number of amides is 1. The van der Waals surface area contributed by atoms with E-state index in [9.17, 15) is 24.8 Å². The number of hydrogen-bond acceptors (Lipinski definition) is 9. The molecule has 7 rings (SSSR count). The molecule has 3 aliphatic heterocycles. The zero-order valence-electron chi connectivity index (χ0n) is 23.8. The van der Waals surface area contributed by atoms with Gasteiger partial charge in [0.25, 0.3) is 11.5 Å². The van der Waals surface area contributed by atoms with Gasteiger partial charge in [-0.05, 0) is 82.4 Å². The molecule has 0 saturated carbocycles. The maximum Gasteiger partial charge on any atom is 0.339 e. The van der Waals surface area contributed by atoms with Crippen molar-refractivity contribution in [2.24, 2.45) is 5.92 Å². The summed E-state index contributed by atoms with van der Waals surface area (Å²) < 4.78 is 20.0. The summed E-state index contributed by atoms with van der Waals surface area (Å²) in [6.45, 7) is 5.10. The summed E-state index contributed by atoms with van der Waals surface area (Å²) in [6.07, 6.45) is 5.66. The number of fused-ring (bicyclic) bond motifs is 9. The van der Waals surface area contributed by atoms with Gasteiger partial charge in [-0.1, -0.05) is 0 Å². The van der Waals surface area contributed by atoms with E-state index in [0.717, 1.165) is 54.3 Å². The molecule has 4 aliphatic rings. The Hall–Kier alpha value is -3.83. The molecule has 0 radical (unpaired) electrons. The predicted octanol–water partition coefficient (Wildman–Crippen LogP) is 3.66. The molecule has 222 valence electrons. The van der Waals surface area contributed by atoms with Crippen LogP contribution < -0.4 is 25.9 Å². The van der Waals surface area contributed by atoms with Gasteiger partial charge in [-0.2, -0.15) is 0 Å². The Kier molecular flexibility index (Phi) is 6.36. The summed E-state index contributed by atoms with van der Waals surface area (Å²) in [5, 5.41) is 21.0. The Morgan fingerprint density at radius 3 is 2.69 bits per heavy atom. The van der Waals surface area contributed by atoms with E-state index in [1.54, 1.807) is 15.5 Å². The number of nitrogens with zero attached hydrogens (tertiary/aromatic N) is 3. The summed E-state index contributed by atoms with van der Waals surface area (Å²) in [5.74, 6) is 0.909. The molecule has 5 heterocycles. The Morgan fingerprint density at radius 1 is 1.12 bits per heavy atom. The summed E-state index contributed by atoms with van der Waals surface area (Å²) >= 11 is 0. The van der Waals surface area contributed by atoms with Crippen LogP contribution in [0.25, 0.3) is 11.0 Å². The lowest BCUT2D eigenvalue weighted by Gasteiger charge is -2.43. The number of pyridine rings is 1. The van der Waals surface area contributed by atoms with E-state index in [1.807, 2.05) is 19.9 Å². The van der Waals surface area contributed by atoms with Crippen molar-refractivity contribution in [3.63, 3.8) is 0 Å². The Morgan fingerprint density at radius 2 is 1.90 bits per heavy atom. The highest BCUT2D eigenvalue weighted by Gasteiger charge is 2.37. The van der Waals surface area contributed by atoms with Crippen LogP contribution in [0.2, 0.25) is 0 Å². The van der Waals surface area contributed by atoms with Gasteiger partial charge in [-0.15, -0.1) is 0 Å². The number of benzene rings is 1. The summed E-state index contributed by atoms with van der Waals surface area (Å²) in [7, 11) is 0. The second kappa shape index (κ2) is 9.88. The number of rotatable bonds is 4. The molecule has 2 aromatic heterocycles. The predicted molar refractivity (Wildman–Crippen MR) is 153 cm³/mol. The van der Waals surface area contributed by atoms with E-state index < -0.39 is 10.8 Å². The third-order valence-corrected chi connectivity index (χ3v) is 9.38. The van der Waals surface area contributed by atoms with Crippen molar-refractivity contribution >= 4 is 22.6 Å². The molecule has 0 spiro atoms. The quantitative estimate of drug-likeness (QED) is 0.364. The minimum absolute atomic E-state index is 0.0356. The van der Waals surface area contributed by atoms with Gasteiger partial charge in [0.2, 0.25) is 0 Å². The van der Waals surface area contributed by atoms with Crippen molar-refractivity contribution in [2.45, 2.75) is 76.9 Å². The van der Waals surface area contributed by atoms with E-state index in [0.29, 0.717) is 55.1 Å². The fourth-order valence-electron chi connectivity index (χ4n) is 7.34. The lowest BCUT2D eigenvalue weighted by Crippen LogP contribution is -2.50. The first-order valence-corrected chi connectivity index (χ1v) is 14.7. The molecule has 1 saturated heterocycles. The largest absolute Gasteiger partial charge is 0.733 e. The monoisotopic (exact) mass is 576 g/mol. The Balaban J connectivity index is 1.18. The number of aryl methyl sites for hydroxylation is 2. The third kappa shape index (κ3) is 4.46. The number of anilines is 1. The number of aromatic nitrogens is 1. The number of carbonyl (C=O) groups is 1. The number of ether oxygens (including phenoxy) is 2. The van der Waals surface area contributed by atoms with Crippen LogP contribution in [0.5, 0.6) is 11.5 Å². The van der Waals surface area contributed by atoms with Crippen molar-refractivity contribution in [3.8, 4) is 11.5 Å². The van der Waals surface area contributed by atoms with Crippen molar-refractivity contribution in [1.82, 2.24) is 9.47 Å². The van der Waals surface area contributed by atoms with Crippen LogP contribution >= 0.6 is 0 Å². The topological polar surface area (TPSA) is 138 Å². The third-order valence-electron chi connectivity index (χ3n) is 9.38. The average Bonchev–Trinajstić information content (AvgIpc) is 2.95. The molecule has 1 aliphatic carbocycles. The van der Waals surface area contributed by atoms with Crippen molar-refractivity contribution in [1.29, 1.82) is 0 Å². The van der Waals surface area contributed by atoms with E-state index in [1.165, 1.54) is 6.07 Å². The molecule has 1 N–H and O–H groups in total. The maximum atomic E-state index is 13.5. The van der Waals surface area contributed by atoms with Crippen LogP contribution in [0.3, 0.4) is 0 Å². The molecular formula is C31H34N3O8-. The zero-order valence-corrected chi connectivity index (χ0v) is 23.8. The van der Waals surface area contributed by atoms with Crippen LogP contribution in [0, 0.1) is 11.1 Å². The van der Waals surface area contributed by atoms with Gasteiger partial charge in [-0.3, -0.25) is 14.8 Å². The highest BCUT2D eigenvalue weighted by atomic mass is 16.8. The number of likely N-dealkylation sites (tertiary alicyclic amines) is 1. The second-order valence-electron chi connectivity index (χ2n) is 12.7. The number of hydrogen-bond donors (Lipinski definition) is 1. The standard InChI is InChI=1S/C31H34N3O8/c1-31(2)10-9-21-24(42-31)12-25(27-19-5-3-4-6-20(19)30(37)41-28(21)27)40-16-26(35)32-13-17-11-18(15-32)22-7-8-23(34(38)39)29(36)33(22)14-17/h7-8,12,17-18,38H,3-6,9-11,13-16H2,1-2H3/q-1. The van der Waals surface area contributed by atoms with Gasteiger partial charge in [0.05, 0.1) is 5.39 Å². The molecule has 2 unspecified atom stereocenters. The van der Waals surface area contributed by atoms with Crippen LogP contribution in [0.1, 0.15) is 67.8 Å². The first-order valence-electron chi connectivity index (χ1n) is 14.7. The number of piperidine rings is 1. The normalized spacial score (nSPS) is 22.0. The molecule has 11 nitrogen and oxygen atoms in total. The van der Waals surface area contributed by atoms with E-state index in [4.69, 9.17) is 13.9 Å². The van der Waals surface area contributed by atoms with Gasteiger partial charge < -0.3 is 33.8 Å². The van der Waals surface area contributed by atoms with Crippen LogP contribution in [-0.4, -0.2) is 45.9 Å². The van der Waals surface area contributed by atoms with Crippen molar-refractivity contribution in [3.05, 3.63) is 66.6 Å². The van der Waals surface area contributed by atoms with Gasteiger partial charge >= 0.3 is 5.63 Å². The molecule has 1 aromatic carbocycles. The molecule has 3 aromatic rings. The maximum absolute atomic E-state index is 13.5. The van der Waals surface area contributed by atoms with E-state index >= 15 is 0 Å². The number of carbonyl (C=O) groups excluding carboxylic acids is 1. The summed E-state index contributed by atoms with van der Waals surface area (Å²) in [5.41, 5.74) is 2.26. The summed E-state index contributed by atoms with van der Waals surface area (Å²) in [6, 6.07) is 4.86. The minimum Gasteiger partial charge on any atom is -0.733 e. The van der Waals surface area contributed by atoms with Crippen molar-refractivity contribution in [2.75, 3.05) is 24.9 Å². The lowest BCUT2D eigenvalue weighted by atomic mass is 9.83. The molecular weight excluding hydrogens is 542 g/mol. The van der Waals surface area contributed by atoms with Crippen LogP contribution in [0.4, 0.5) is 5.69 Å². The van der Waals surface area contributed by atoms with Gasteiger partial charge in [-0.25, -0.2) is 4.79 Å². The molecule has 2 bridgehead atoms. The van der Waals surface area contributed by atoms with Gasteiger partial charge in [0, 0.05) is 48.4 Å². The highest BCUT2D eigenvalue weighted by Crippen LogP contribution is 2.44. The fourth-order valence-corrected chi connectivity index (χ4v) is 7.34. The Bertz CT molecular complexity index is 1720. The molecule has 1 amide bonds. The lowest BCUT2D eigenvalue weighted by molar-refractivity contribution is -0.136. The molecule has 1 fully saturated rings. The van der Waals surface area contributed by atoms with Crippen LogP contribution in [0.15, 0.2) is 32.2 Å². The van der Waals surface area contributed by atoms with E-state index in [2.05, 4.69) is 0 Å². The SMILES string of the molecule is CC1(C)CCc2c(cc(OCC(=O)N3CC4CC(C3)c3ccc(N([O-])O)c(=O)n3C4)c3c4c(c(=O)oc23)CCCC4)O1. The summed E-state index contributed by atoms with van der Waals surface area (Å²) in [4.78, 5) is 41.0. The first kappa shape index (κ1) is 27.0. The second-order valence-corrected chi connectivity index (χ2v) is 12.7. The van der Waals surface area contributed by atoms with Crippen molar-refractivity contribution < 1.29 is 23.9 Å². The molecule has 11 heteroatoms. The smallest absolute Gasteiger partial charge is 0.339 e. The van der Waals surface area contributed by atoms with Gasteiger partial charge in [0.15, 0.2) is 6.61 Å². The fraction of sp³-hybridized carbons (Fsp3) is 0.516. The highest BCUT2D eigenvalue weighted by molar-refractivity contribution is 5.93. The van der Waals surface area contributed by atoms with E-state index in [-0.39, 0.29) is 41.3 Å². The molecule has 2 atom stereocenters. The van der Waals surface area contributed by atoms with Crippen LogP contribution in [-0.2, 0) is 30.6 Å². The zero-order chi connectivity index (χ0) is 29.3. The minimum atomic E-state index is -0.525.